The maximum absolute atomic E-state index is 12.8. The van der Waals surface area contributed by atoms with E-state index in [0.717, 1.165) is 16.7 Å². The van der Waals surface area contributed by atoms with E-state index in [9.17, 15) is 21.6 Å². The summed E-state index contributed by atoms with van der Waals surface area (Å²) in [7, 11) is -7.60. The molecule has 4 aromatic rings. The van der Waals surface area contributed by atoms with Gasteiger partial charge in [-0.05, 0) is 105 Å². The molecule has 0 aliphatic rings. The lowest BCUT2D eigenvalue weighted by Crippen LogP contribution is -2.16. The van der Waals surface area contributed by atoms with Crippen molar-refractivity contribution in [3.63, 3.8) is 0 Å². The Bertz CT molecular complexity index is 1750. The van der Waals surface area contributed by atoms with Crippen LogP contribution in [0.3, 0.4) is 0 Å². The van der Waals surface area contributed by atoms with Gasteiger partial charge in [-0.15, -0.1) is 0 Å². The number of rotatable bonds is 8. The lowest BCUT2D eigenvalue weighted by atomic mass is 10.1. The highest BCUT2D eigenvalue weighted by Gasteiger charge is 2.18. The first-order valence-corrected chi connectivity index (χ1v) is 15.0. The minimum absolute atomic E-state index is 0.0578. The highest BCUT2D eigenvalue weighted by molar-refractivity contribution is 7.93. The average molecular weight is 564 g/mol. The maximum Gasteiger partial charge on any atom is 0.261 e. The van der Waals surface area contributed by atoms with Crippen molar-refractivity contribution in [2.45, 2.75) is 37.5 Å². The molecule has 0 unspecified atom stereocenters. The molecule has 0 heterocycles. The summed E-state index contributed by atoms with van der Waals surface area (Å²) in [5.41, 5.74) is 4.85. The van der Waals surface area contributed by atoms with E-state index in [-0.39, 0.29) is 9.79 Å². The van der Waals surface area contributed by atoms with Crippen LogP contribution >= 0.6 is 0 Å². The van der Waals surface area contributed by atoms with Gasteiger partial charge in [0, 0.05) is 11.3 Å². The largest absolute Gasteiger partial charge is 0.322 e. The van der Waals surface area contributed by atoms with E-state index in [1.807, 2.05) is 32.9 Å². The van der Waals surface area contributed by atoms with Crippen LogP contribution in [-0.4, -0.2) is 22.7 Å². The van der Waals surface area contributed by atoms with Gasteiger partial charge in [0.2, 0.25) is 0 Å². The molecule has 0 saturated heterocycles. The normalized spacial score (nSPS) is 11.6. The molecule has 0 aliphatic heterocycles. The van der Waals surface area contributed by atoms with Gasteiger partial charge < -0.3 is 5.32 Å². The first kappa shape index (κ1) is 27.9. The zero-order valence-electron chi connectivity index (χ0n) is 21.9. The molecule has 0 aromatic heterocycles. The van der Waals surface area contributed by atoms with Crippen LogP contribution in [0.5, 0.6) is 0 Å². The fraction of sp³-hybridized carbons (Fsp3) is 0.138. The van der Waals surface area contributed by atoms with Crippen molar-refractivity contribution in [3.8, 4) is 0 Å². The topological polar surface area (TPSA) is 121 Å². The van der Waals surface area contributed by atoms with Crippen molar-refractivity contribution in [2.24, 2.45) is 0 Å². The molecule has 4 aromatic carbocycles. The summed E-state index contributed by atoms with van der Waals surface area (Å²) in [6, 6.07) is 22.5. The van der Waals surface area contributed by atoms with Crippen LogP contribution in [0.1, 0.15) is 32.6 Å². The summed E-state index contributed by atoms with van der Waals surface area (Å²) in [5, 5.41) is 2.74. The van der Waals surface area contributed by atoms with E-state index in [0.29, 0.717) is 28.2 Å². The van der Waals surface area contributed by atoms with Crippen LogP contribution in [0.15, 0.2) is 94.7 Å². The highest BCUT2D eigenvalue weighted by Crippen LogP contribution is 2.24. The van der Waals surface area contributed by atoms with Gasteiger partial charge in [0.1, 0.15) is 0 Å². The Balaban J connectivity index is 1.44. The number of anilines is 3. The Hall–Kier alpha value is -4.15. The SMILES string of the molecule is Cc1ccc(S(=O)(=O)Nc2ccc(C(=O)Nc3ccc(S(=O)(=O)Nc4cc(C)ccc4C)cc3)cc2C)cc1. The van der Waals surface area contributed by atoms with E-state index in [2.05, 4.69) is 14.8 Å². The molecule has 0 atom stereocenters. The molecular formula is C29H29N3O5S2. The molecular weight excluding hydrogens is 534 g/mol. The third-order valence-corrected chi connectivity index (χ3v) is 8.89. The lowest BCUT2D eigenvalue weighted by molar-refractivity contribution is 0.102. The molecule has 4 rings (SSSR count). The summed E-state index contributed by atoms with van der Waals surface area (Å²) < 4.78 is 56.3. The van der Waals surface area contributed by atoms with E-state index in [4.69, 9.17) is 0 Å². The fourth-order valence-electron chi connectivity index (χ4n) is 3.81. The molecule has 10 heteroatoms. The van der Waals surface area contributed by atoms with Crippen molar-refractivity contribution >= 4 is 43.0 Å². The van der Waals surface area contributed by atoms with Crippen LogP contribution in [0.4, 0.5) is 17.1 Å². The van der Waals surface area contributed by atoms with E-state index < -0.39 is 26.0 Å². The van der Waals surface area contributed by atoms with E-state index in [1.165, 1.54) is 48.5 Å². The average Bonchev–Trinajstić information content (AvgIpc) is 2.88. The van der Waals surface area contributed by atoms with Crippen molar-refractivity contribution in [3.05, 3.63) is 113 Å². The van der Waals surface area contributed by atoms with Crippen molar-refractivity contribution < 1.29 is 21.6 Å². The Morgan fingerprint density at radius 2 is 1.10 bits per heavy atom. The maximum atomic E-state index is 12.8. The monoisotopic (exact) mass is 563 g/mol. The number of aryl methyl sites for hydroxylation is 4. The fourth-order valence-corrected chi connectivity index (χ4v) is 6.06. The standard InChI is InChI=1S/C29H29N3O5S2/c1-19-6-12-25(13-7-19)38(34,35)31-27-16-9-23(18-22(27)4)29(33)30-24-10-14-26(15-11-24)39(36,37)32-28-17-20(2)5-8-21(28)3/h5-18,31-32H,1-4H3,(H,30,33). The number of nitrogens with one attached hydrogen (secondary N) is 3. The molecule has 0 fully saturated rings. The number of hydrogen-bond acceptors (Lipinski definition) is 5. The molecule has 0 radical (unpaired) electrons. The van der Waals surface area contributed by atoms with Gasteiger partial charge in [0.25, 0.3) is 26.0 Å². The van der Waals surface area contributed by atoms with Gasteiger partial charge in [0.15, 0.2) is 0 Å². The van der Waals surface area contributed by atoms with Crippen molar-refractivity contribution in [1.29, 1.82) is 0 Å². The molecule has 3 N–H and O–H groups in total. The first-order chi connectivity index (χ1) is 18.3. The minimum Gasteiger partial charge on any atom is -0.322 e. The minimum atomic E-state index is -3.82. The number of amides is 1. The predicted molar refractivity (Wildman–Crippen MR) is 154 cm³/mol. The van der Waals surface area contributed by atoms with Crippen LogP contribution in [0.2, 0.25) is 0 Å². The van der Waals surface area contributed by atoms with Gasteiger partial charge in [0.05, 0.1) is 21.2 Å². The van der Waals surface area contributed by atoms with Crippen LogP contribution in [-0.2, 0) is 20.0 Å². The zero-order chi connectivity index (χ0) is 28.4. The smallest absolute Gasteiger partial charge is 0.261 e. The van der Waals surface area contributed by atoms with Gasteiger partial charge in [-0.3, -0.25) is 14.2 Å². The summed E-state index contributed by atoms with van der Waals surface area (Å²) in [6.45, 7) is 7.28. The molecule has 1 amide bonds. The number of hydrogen-bond donors (Lipinski definition) is 3. The quantitative estimate of drug-likeness (QED) is 0.251. The third kappa shape index (κ3) is 6.65. The Morgan fingerprint density at radius 1 is 0.564 bits per heavy atom. The number of sulfonamides is 2. The van der Waals surface area contributed by atoms with Gasteiger partial charge in [-0.2, -0.15) is 0 Å². The Labute approximate surface area is 229 Å². The predicted octanol–water partition coefficient (Wildman–Crippen LogP) is 5.77. The number of carbonyl (C=O) groups is 1. The first-order valence-electron chi connectivity index (χ1n) is 12.1. The van der Waals surface area contributed by atoms with E-state index in [1.54, 1.807) is 31.2 Å². The molecule has 202 valence electrons. The molecule has 0 aliphatic carbocycles. The van der Waals surface area contributed by atoms with Crippen molar-refractivity contribution in [1.82, 2.24) is 0 Å². The van der Waals surface area contributed by atoms with Gasteiger partial charge >= 0.3 is 0 Å². The van der Waals surface area contributed by atoms with E-state index >= 15 is 0 Å². The molecule has 39 heavy (non-hydrogen) atoms. The summed E-state index contributed by atoms with van der Waals surface area (Å²) in [5.74, 6) is -0.421. The second-order valence-electron chi connectivity index (χ2n) is 9.35. The molecule has 0 saturated carbocycles. The highest BCUT2D eigenvalue weighted by atomic mass is 32.2. The summed E-state index contributed by atoms with van der Waals surface area (Å²) >= 11 is 0. The van der Waals surface area contributed by atoms with Crippen LogP contribution < -0.4 is 14.8 Å². The molecule has 0 spiro atoms. The van der Waals surface area contributed by atoms with Crippen LogP contribution in [0, 0.1) is 27.7 Å². The lowest BCUT2D eigenvalue weighted by Gasteiger charge is -2.13. The summed E-state index contributed by atoms with van der Waals surface area (Å²) in [6.07, 6.45) is 0. The molecule has 8 nitrogen and oxygen atoms in total. The third-order valence-electron chi connectivity index (χ3n) is 6.12. The van der Waals surface area contributed by atoms with Crippen molar-refractivity contribution in [2.75, 3.05) is 14.8 Å². The Kier molecular flexibility index (Phi) is 7.80. The second-order valence-corrected chi connectivity index (χ2v) is 12.7. The second kappa shape index (κ2) is 10.9. The number of benzene rings is 4. The van der Waals surface area contributed by atoms with Gasteiger partial charge in [-0.1, -0.05) is 29.8 Å². The zero-order valence-corrected chi connectivity index (χ0v) is 23.6. The number of carbonyl (C=O) groups excluding carboxylic acids is 1. The van der Waals surface area contributed by atoms with Crippen LogP contribution in [0.25, 0.3) is 0 Å². The molecule has 0 bridgehead atoms. The Morgan fingerprint density at radius 3 is 1.69 bits per heavy atom. The summed E-state index contributed by atoms with van der Waals surface area (Å²) in [4.78, 5) is 13.0. The van der Waals surface area contributed by atoms with Gasteiger partial charge in [-0.25, -0.2) is 16.8 Å².